The SMILES string of the molecule is FC(F)c1cccc(CN2CCNCC2)c1. The molecule has 0 aromatic heterocycles. The summed E-state index contributed by atoms with van der Waals surface area (Å²) >= 11 is 0. The Morgan fingerprint density at radius 1 is 1.25 bits per heavy atom. The van der Waals surface area contributed by atoms with Crippen LogP contribution in [-0.2, 0) is 6.54 Å². The summed E-state index contributed by atoms with van der Waals surface area (Å²) in [6, 6.07) is 6.70. The molecule has 1 saturated heterocycles. The van der Waals surface area contributed by atoms with Gasteiger partial charge in [-0.15, -0.1) is 0 Å². The summed E-state index contributed by atoms with van der Waals surface area (Å²) < 4.78 is 25.0. The summed E-state index contributed by atoms with van der Waals surface area (Å²) in [5.41, 5.74) is 1.09. The Balaban J connectivity index is 2.00. The van der Waals surface area contributed by atoms with E-state index in [1.54, 1.807) is 12.1 Å². The van der Waals surface area contributed by atoms with Crippen LogP contribution in [0.1, 0.15) is 17.6 Å². The smallest absolute Gasteiger partial charge is 0.263 e. The number of hydrogen-bond donors (Lipinski definition) is 1. The Bertz CT molecular complexity index is 336. The van der Waals surface area contributed by atoms with E-state index >= 15 is 0 Å². The van der Waals surface area contributed by atoms with Crippen molar-refractivity contribution in [1.29, 1.82) is 0 Å². The average Bonchev–Trinajstić information content (AvgIpc) is 2.30. The highest BCUT2D eigenvalue weighted by atomic mass is 19.3. The third kappa shape index (κ3) is 3.00. The fourth-order valence-electron chi connectivity index (χ4n) is 1.95. The van der Waals surface area contributed by atoms with Crippen LogP contribution in [-0.4, -0.2) is 31.1 Å². The highest BCUT2D eigenvalue weighted by molar-refractivity contribution is 5.24. The zero-order chi connectivity index (χ0) is 11.4. The van der Waals surface area contributed by atoms with Crippen molar-refractivity contribution < 1.29 is 8.78 Å². The molecule has 16 heavy (non-hydrogen) atoms. The lowest BCUT2D eigenvalue weighted by Crippen LogP contribution is -2.42. The number of benzene rings is 1. The first-order valence-corrected chi connectivity index (χ1v) is 5.56. The lowest BCUT2D eigenvalue weighted by atomic mass is 10.1. The van der Waals surface area contributed by atoms with Crippen molar-refractivity contribution in [3.8, 4) is 0 Å². The lowest BCUT2D eigenvalue weighted by molar-refractivity contribution is 0.151. The van der Waals surface area contributed by atoms with Crippen LogP contribution in [0.3, 0.4) is 0 Å². The van der Waals surface area contributed by atoms with Crippen molar-refractivity contribution in [3.05, 3.63) is 35.4 Å². The van der Waals surface area contributed by atoms with Gasteiger partial charge in [0.25, 0.3) is 6.43 Å². The molecule has 0 saturated carbocycles. The average molecular weight is 226 g/mol. The van der Waals surface area contributed by atoms with Crippen LogP contribution in [0.25, 0.3) is 0 Å². The van der Waals surface area contributed by atoms with E-state index in [1.165, 1.54) is 6.07 Å². The van der Waals surface area contributed by atoms with Gasteiger partial charge in [-0.2, -0.15) is 0 Å². The molecule has 2 nitrogen and oxygen atoms in total. The molecule has 1 N–H and O–H groups in total. The normalized spacial score (nSPS) is 17.9. The number of halogens is 2. The van der Waals surface area contributed by atoms with Gasteiger partial charge in [0.1, 0.15) is 0 Å². The van der Waals surface area contributed by atoms with Gasteiger partial charge in [-0.05, 0) is 11.6 Å². The van der Waals surface area contributed by atoms with Gasteiger partial charge >= 0.3 is 0 Å². The Hall–Kier alpha value is -1.00. The number of hydrogen-bond acceptors (Lipinski definition) is 2. The molecule has 0 spiro atoms. The van der Waals surface area contributed by atoms with E-state index in [9.17, 15) is 8.78 Å². The maximum atomic E-state index is 12.5. The molecule has 88 valence electrons. The summed E-state index contributed by atoms with van der Waals surface area (Å²) in [5, 5.41) is 3.27. The van der Waals surface area contributed by atoms with Gasteiger partial charge < -0.3 is 5.32 Å². The molecular formula is C12H16F2N2. The van der Waals surface area contributed by atoms with Crippen LogP contribution in [0.5, 0.6) is 0 Å². The van der Waals surface area contributed by atoms with Crippen molar-refractivity contribution in [2.24, 2.45) is 0 Å². The second-order valence-corrected chi connectivity index (χ2v) is 4.07. The van der Waals surface area contributed by atoms with Gasteiger partial charge in [0.2, 0.25) is 0 Å². The third-order valence-electron chi connectivity index (χ3n) is 2.82. The van der Waals surface area contributed by atoms with Crippen molar-refractivity contribution >= 4 is 0 Å². The van der Waals surface area contributed by atoms with Crippen LogP contribution < -0.4 is 5.32 Å². The minimum atomic E-state index is -2.37. The first-order valence-electron chi connectivity index (χ1n) is 5.56. The van der Waals surface area contributed by atoms with Crippen molar-refractivity contribution in [2.45, 2.75) is 13.0 Å². The van der Waals surface area contributed by atoms with E-state index in [0.29, 0.717) is 0 Å². The minimum absolute atomic E-state index is 0.118. The quantitative estimate of drug-likeness (QED) is 0.848. The molecule has 0 atom stereocenters. The monoisotopic (exact) mass is 226 g/mol. The van der Waals surface area contributed by atoms with Gasteiger partial charge in [-0.1, -0.05) is 18.2 Å². The first-order chi connectivity index (χ1) is 7.75. The molecule has 0 radical (unpaired) electrons. The van der Waals surface area contributed by atoms with Crippen LogP contribution in [0.4, 0.5) is 8.78 Å². The summed E-state index contributed by atoms with van der Waals surface area (Å²) in [6.07, 6.45) is -2.37. The van der Waals surface area contributed by atoms with Crippen LogP contribution in [0.15, 0.2) is 24.3 Å². The van der Waals surface area contributed by atoms with Crippen LogP contribution >= 0.6 is 0 Å². The number of piperazine rings is 1. The molecule has 1 aromatic carbocycles. The predicted molar refractivity (Wildman–Crippen MR) is 59.5 cm³/mol. The molecule has 1 aliphatic heterocycles. The second kappa shape index (κ2) is 5.37. The molecule has 1 heterocycles. The van der Waals surface area contributed by atoms with E-state index in [1.807, 2.05) is 6.07 Å². The third-order valence-corrected chi connectivity index (χ3v) is 2.82. The molecule has 1 fully saturated rings. The zero-order valence-corrected chi connectivity index (χ0v) is 9.13. The predicted octanol–water partition coefficient (Wildman–Crippen LogP) is 2.03. The molecule has 0 amide bonds. The Labute approximate surface area is 94.3 Å². The molecule has 0 aliphatic carbocycles. The van der Waals surface area contributed by atoms with E-state index in [0.717, 1.165) is 38.3 Å². The zero-order valence-electron chi connectivity index (χ0n) is 9.13. The standard InChI is InChI=1S/C12H16F2N2/c13-12(14)11-3-1-2-10(8-11)9-16-6-4-15-5-7-16/h1-3,8,12,15H,4-7,9H2. The summed E-state index contributed by atoms with van der Waals surface area (Å²) in [7, 11) is 0. The maximum Gasteiger partial charge on any atom is 0.263 e. The van der Waals surface area contributed by atoms with Crippen molar-refractivity contribution in [3.63, 3.8) is 0 Å². The molecule has 4 heteroatoms. The van der Waals surface area contributed by atoms with E-state index in [4.69, 9.17) is 0 Å². The van der Waals surface area contributed by atoms with E-state index in [-0.39, 0.29) is 5.56 Å². The van der Waals surface area contributed by atoms with Gasteiger partial charge in [0.15, 0.2) is 0 Å². The number of alkyl halides is 2. The molecular weight excluding hydrogens is 210 g/mol. The Morgan fingerprint density at radius 3 is 2.69 bits per heavy atom. The highest BCUT2D eigenvalue weighted by Crippen LogP contribution is 2.20. The maximum absolute atomic E-state index is 12.5. The fourth-order valence-corrected chi connectivity index (χ4v) is 1.95. The molecule has 0 bridgehead atoms. The fraction of sp³-hybridized carbons (Fsp3) is 0.500. The summed E-state index contributed by atoms with van der Waals surface area (Å²) in [4.78, 5) is 2.28. The van der Waals surface area contributed by atoms with Crippen LogP contribution in [0, 0.1) is 0 Å². The van der Waals surface area contributed by atoms with E-state index in [2.05, 4.69) is 10.2 Å². The van der Waals surface area contributed by atoms with Crippen LogP contribution in [0.2, 0.25) is 0 Å². The molecule has 2 rings (SSSR count). The molecule has 1 aliphatic rings. The Kier molecular flexibility index (Phi) is 3.85. The largest absolute Gasteiger partial charge is 0.314 e. The topological polar surface area (TPSA) is 15.3 Å². The minimum Gasteiger partial charge on any atom is -0.314 e. The summed E-state index contributed by atoms with van der Waals surface area (Å²) in [5.74, 6) is 0. The van der Waals surface area contributed by atoms with Gasteiger partial charge in [-0.25, -0.2) is 8.78 Å². The lowest BCUT2D eigenvalue weighted by Gasteiger charge is -2.27. The molecule has 0 unspecified atom stereocenters. The number of rotatable bonds is 3. The number of nitrogens with one attached hydrogen (secondary N) is 1. The second-order valence-electron chi connectivity index (χ2n) is 4.07. The highest BCUT2D eigenvalue weighted by Gasteiger charge is 2.11. The van der Waals surface area contributed by atoms with Gasteiger partial charge in [0.05, 0.1) is 0 Å². The summed E-state index contributed by atoms with van der Waals surface area (Å²) in [6.45, 7) is 4.70. The molecule has 1 aromatic rings. The van der Waals surface area contributed by atoms with Crippen molar-refractivity contribution in [2.75, 3.05) is 26.2 Å². The first kappa shape index (κ1) is 11.5. The number of nitrogens with zero attached hydrogens (tertiary/aromatic N) is 1. The van der Waals surface area contributed by atoms with E-state index < -0.39 is 6.43 Å². The van der Waals surface area contributed by atoms with Crippen molar-refractivity contribution in [1.82, 2.24) is 10.2 Å². The Morgan fingerprint density at radius 2 is 2.00 bits per heavy atom. The van der Waals surface area contributed by atoms with Gasteiger partial charge in [-0.3, -0.25) is 4.90 Å². The van der Waals surface area contributed by atoms with Gasteiger partial charge in [0, 0.05) is 38.3 Å².